The number of hydrogen-bond donors (Lipinski definition) is 2. The van der Waals surface area contributed by atoms with E-state index in [1.54, 1.807) is 0 Å². The first kappa shape index (κ1) is 12.2. The van der Waals surface area contributed by atoms with Gasteiger partial charge in [-0.3, -0.25) is 15.1 Å². The van der Waals surface area contributed by atoms with Gasteiger partial charge in [0.25, 0.3) is 5.91 Å². The van der Waals surface area contributed by atoms with Crippen LogP contribution in [0.4, 0.5) is 9.52 Å². The zero-order chi connectivity index (χ0) is 13.2. The lowest BCUT2D eigenvalue weighted by Crippen LogP contribution is -2.22. The van der Waals surface area contributed by atoms with Crippen LogP contribution in [-0.2, 0) is 13.0 Å². The molecule has 1 aliphatic heterocycles. The van der Waals surface area contributed by atoms with Crippen LogP contribution in [0.1, 0.15) is 20.9 Å². The molecule has 0 bridgehead atoms. The summed E-state index contributed by atoms with van der Waals surface area (Å²) in [6.07, 6.45) is 3.26. The van der Waals surface area contributed by atoms with E-state index in [0.29, 0.717) is 5.13 Å². The van der Waals surface area contributed by atoms with E-state index in [-0.39, 0.29) is 5.56 Å². The van der Waals surface area contributed by atoms with Gasteiger partial charge in [0.1, 0.15) is 0 Å². The maximum atomic E-state index is 13.4. The van der Waals surface area contributed by atoms with Gasteiger partial charge in [-0.25, -0.2) is 9.37 Å². The topological polar surface area (TPSA) is 66.9 Å². The van der Waals surface area contributed by atoms with Crippen molar-refractivity contribution >= 4 is 22.4 Å². The Morgan fingerprint density at radius 3 is 3.21 bits per heavy atom. The number of fused-ring (bicyclic) bond motifs is 1. The predicted molar refractivity (Wildman–Crippen MR) is 69.7 cm³/mol. The van der Waals surface area contributed by atoms with Gasteiger partial charge in [-0.2, -0.15) is 0 Å². The lowest BCUT2D eigenvalue weighted by Gasteiger charge is -2.09. The number of rotatable bonds is 2. The van der Waals surface area contributed by atoms with E-state index in [9.17, 15) is 9.18 Å². The first-order valence-electron chi connectivity index (χ1n) is 5.84. The number of carbonyl (C=O) groups is 1. The fourth-order valence-corrected chi connectivity index (χ4v) is 2.88. The minimum Gasteiger partial charge on any atom is -0.311 e. The maximum Gasteiger partial charge on any atom is 0.260 e. The first-order valence-corrected chi connectivity index (χ1v) is 6.66. The Morgan fingerprint density at radius 2 is 2.42 bits per heavy atom. The number of thiazole rings is 1. The van der Waals surface area contributed by atoms with Crippen molar-refractivity contribution in [1.82, 2.24) is 15.3 Å². The van der Waals surface area contributed by atoms with E-state index in [1.807, 2.05) is 0 Å². The van der Waals surface area contributed by atoms with Gasteiger partial charge in [0, 0.05) is 30.6 Å². The fourth-order valence-electron chi connectivity index (χ4n) is 1.90. The third-order valence-corrected chi connectivity index (χ3v) is 3.85. The molecule has 1 aliphatic rings. The third kappa shape index (κ3) is 2.47. The standard InChI is InChI=1S/C12H11FN4OS/c13-8-5-14-3-1-7(8)11(18)17-12-16-9-2-4-15-6-10(9)19-12/h1,3,5,15H,2,4,6H2,(H,16,17,18). The van der Waals surface area contributed by atoms with Crippen molar-refractivity contribution in [2.45, 2.75) is 13.0 Å². The fraction of sp³-hybridized carbons (Fsp3) is 0.250. The molecule has 19 heavy (non-hydrogen) atoms. The van der Waals surface area contributed by atoms with Gasteiger partial charge in [-0.05, 0) is 6.07 Å². The molecule has 3 rings (SSSR count). The normalized spacial score (nSPS) is 13.9. The van der Waals surface area contributed by atoms with Crippen LogP contribution in [0.25, 0.3) is 0 Å². The molecule has 0 saturated carbocycles. The van der Waals surface area contributed by atoms with Gasteiger partial charge in [-0.15, -0.1) is 11.3 Å². The summed E-state index contributed by atoms with van der Waals surface area (Å²) in [4.78, 5) is 21.0. The van der Waals surface area contributed by atoms with E-state index in [2.05, 4.69) is 20.6 Å². The highest BCUT2D eigenvalue weighted by Crippen LogP contribution is 2.25. The van der Waals surface area contributed by atoms with Gasteiger partial charge >= 0.3 is 0 Å². The third-order valence-electron chi connectivity index (χ3n) is 2.84. The Balaban J connectivity index is 1.80. The van der Waals surface area contributed by atoms with Crippen molar-refractivity contribution in [2.75, 3.05) is 11.9 Å². The minimum atomic E-state index is -0.636. The first-order chi connectivity index (χ1) is 9.24. The molecule has 0 spiro atoms. The van der Waals surface area contributed by atoms with E-state index < -0.39 is 11.7 Å². The minimum absolute atomic E-state index is 0.0266. The van der Waals surface area contributed by atoms with Crippen molar-refractivity contribution in [3.05, 3.63) is 40.4 Å². The molecule has 2 aromatic rings. The van der Waals surface area contributed by atoms with Crippen molar-refractivity contribution in [3.8, 4) is 0 Å². The van der Waals surface area contributed by atoms with Crippen molar-refractivity contribution in [3.63, 3.8) is 0 Å². The Labute approximate surface area is 112 Å². The summed E-state index contributed by atoms with van der Waals surface area (Å²) >= 11 is 1.42. The Morgan fingerprint density at radius 1 is 1.53 bits per heavy atom. The smallest absolute Gasteiger partial charge is 0.260 e. The number of nitrogens with one attached hydrogen (secondary N) is 2. The number of anilines is 1. The van der Waals surface area contributed by atoms with Crippen molar-refractivity contribution < 1.29 is 9.18 Å². The number of nitrogens with zero attached hydrogens (tertiary/aromatic N) is 2. The van der Waals surface area contributed by atoms with Gasteiger partial charge in [0.15, 0.2) is 10.9 Å². The monoisotopic (exact) mass is 278 g/mol. The SMILES string of the molecule is O=C(Nc1nc2c(s1)CNCC2)c1ccncc1F. The maximum absolute atomic E-state index is 13.4. The lowest BCUT2D eigenvalue weighted by atomic mass is 10.2. The van der Waals surface area contributed by atoms with E-state index in [4.69, 9.17) is 0 Å². The summed E-state index contributed by atoms with van der Waals surface area (Å²) in [5.74, 6) is -1.14. The molecule has 0 unspecified atom stereocenters. The molecule has 0 aromatic carbocycles. The van der Waals surface area contributed by atoms with Crippen LogP contribution >= 0.6 is 11.3 Å². The molecule has 0 atom stereocenters. The van der Waals surface area contributed by atoms with Crippen molar-refractivity contribution in [1.29, 1.82) is 0 Å². The average Bonchev–Trinajstić information content (AvgIpc) is 2.81. The number of carbonyl (C=O) groups excluding carboxylic acids is 1. The van der Waals surface area contributed by atoms with Crippen molar-refractivity contribution in [2.24, 2.45) is 0 Å². The molecule has 5 nitrogen and oxygen atoms in total. The van der Waals surface area contributed by atoms with Crippen LogP contribution in [0.15, 0.2) is 18.5 Å². The van der Waals surface area contributed by atoms with Crippen LogP contribution in [0.3, 0.4) is 0 Å². The quantitative estimate of drug-likeness (QED) is 0.875. The zero-order valence-electron chi connectivity index (χ0n) is 9.94. The molecule has 0 aliphatic carbocycles. The molecule has 3 heterocycles. The highest BCUT2D eigenvalue weighted by atomic mass is 32.1. The molecule has 2 aromatic heterocycles. The summed E-state index contributed by atoms with van der Waals surface area (Å²) in [5.41, 5.74) is 0.982. The summed E-state index contributed by atoms with van der Waals surface area (Å²) in [6, 6.07) is 1.35. The molecule has 1 amide bonds. The van der Waals surface area contributed by atoms with Gasteiger partial charge < -0.3 is 5.32 Å². The Hall–Kier alpha value is -1.86. The molecule has 0 saturated heterocycles. The van der Waals surface area contributed by atoms with E-state index in [0.717, 1.165) is 36.3 Å². The van der Waals surface area contributed by atoms with Gasteiger partial charge in [0.2, 0.25) is 0 Å². The highest BCUT2D eigenvalue weighted by molar-refractivity contribution is 7.15. The van der Waals surface area contributed by atoms with E-state index >= 15 is 0 Å². The zero-order valence-corrected chi connectivity index (χ0v) is 10.8. The van der Waals surface area contributed by atoms with Gasteiger partial charge in [0.05, 0.1) is 17.5 Å². The largest absolute Gasteiger partial charge is 0.311 e. The second-order valence-corrected chi connectivity index (χ2v) is 5.21. The van der Waals surface area contributed by atoms with Crippen LogP contribution in [0.2, 0.25) is 0 Å². The summed E-state index contributed by atoms with van der Waals surface area (Å²) < 4.78 is 13.4. The Bertz CT molecular complexity index is 604. The molecule has 0 fully saturated rings. The molecule has 98 valence electrons. The second-order valence-electron chi connectivity index (χ2n) is 4.13. The second kappa shape index (κ2) is 5.02. The van der Waals surface area contributed by atoms with Crippen LogP contribution in [0, 0.1) is 5.82 Å². The number of hydrogen-bond acceptors (Lipinski definition) is 5. The predicted octanol–water partition coefficient (Wildman–Crippen LogP) is 1.58. The van der Waals surface area contributed by atoms with Crippen LogP contribution in [-0.4, -0.2) is 22.4 Å². The summed E-state index contributed by atoms with van der Waals surface area (Å²) in [7, 11) is 0. The lowest BCUT2D eigenvalue weighted by molar-refractivity contribution is 0.102. The summed E-state index contributed by atoms with van der Waals surface area (Å²) in [6.45, 7) is 1.66. The van der Waals surface area contributed by atoms with Crippen LogP contribution in [0.5, 0.6) is 0 Å². The average molecular weight is 278 g/mol. The van der Waals surface area contributed by atoms with E-state index in [1.165, 1.54) is 23.6 Å². The number of aromatic nitrogens is 2. The summed E-state index contributed by atoms with van der Waals surface area (Å²) in [5, 5.41) is 6.38. The van der Waals surface area contributed by atoms with Gasteiger partial charge in [-0.1, -0.05) is 0 Å². The molecular weight excluding hydrogens is 267 g/mol. The Kier molecular flexibility index (Phi) is 3.22. The molecule has 7 heteroatoms. The highest BCUT2D eigenvalue weighted by Gasteiger charge is 2.17. The van der Waals surface area contributed by atoms with Crippen LogP contribution < -0.4 is 10.6 Å². The molecule has 0 radical (unpaired) electrons. The number of pyridine rings is 1. The molecule has 2 N–H and O–H groups in total. The molecular formula is C12H11FN4OS. The number of amides is 1. The number of halogens is 1.